The van der Waals surface area contributed by atoms with Gasteiger partial charge in [0.25, 0.3) is 0 Å². The number of fused-ring (bicyclic) bond motifs is 2. The van der Waals surface area contributed by atoms with Crippen molar-refractivity contribution in [2.24, 2.45) is 5.73 Å². The standard InChI is InChI=1S/C27H20ClFN2O3S2.C15H14ClNO2S.C12H8FNO2S.ClH/c1-15(32)23-7-8-24(36-23)17-10-18-11-21(34-26(18)22(28)12-17)13-30-25(33)9-6-20-14-35-27(31-20)16-2-4-19(29)5-3-16;1-8(18)13-2-3-14(20-13)9-4-10-5-11(7-17)19-15(10)12(16)6-9;13-9-3-1-8(2-4-9)12-14-10(7-17-12)5-6-11(15)16;/h2-10,12,14,21H,11,13H2,1H3,(H,30,33);2-4,6,11H,5,7,17H2,1H3;1-7H,(H,15,16);1H/b9-6+;;6-5+;. The number of hydrogen-bond acceptors (Lipinski definition) is 13. The van der Waals surface area contributed by atoms with E-state index in [9.17, 15) is 28.0 Å². The number of halogens is 5. The predicted octanol–water partition coefficient (Wildman–Crippen LogP) is 13.7. The largest absolute Gasteiger partial charge is 0.487 e. The molecule has 0 saturated heterocycles. The summed E-state index contributed by atoms with van der Waals surface area (Å²) in [6.45, 7) is 3.93. The zero-order chi connectivity index (χ0) is 51.8. The Labute approximate surface area is 456 Å². The smallest absolute Gasteiger partial charge is 0.328 e. The van der Waals surface area contributed by atoms with E-state index in [1.54, 1.807) is 49.6 Å². The van der Waals surface area contributed by atoms with Crippen LogP contribution in [-0.4, -0.2) is 63.8 Å². The quantitative estimate of drug-likeness (QED) is 0.0746. The van der Waals surface area contributed by atoms with E-state index in [-0.39, 0.29) is 53.7 Å². The first-order valence-electron chi connectivity index (χ1n) is 22.3. The number of thiophene rings is 2. The third-order valence-corrected chi connectivity index (χ3v) is 15.8. The number of ether oxygens (including phenoxy) is 2. The Bertz CT molecular complexity index is 3390. The van der Waals surface area contributed by atoms with E-state index in [0.29, 0.717) is 51.6 Å². The van der Waals surface area contributed by atoms with E-state index in [1.165, 1.54) is 81.8 Å². The van der Waals surface area contributed by atoms with Crippen LogP contribution in [0, 0.1) is 11.6 Å². The fourth-order valence-electron chi connectivity index (χ4n) is 7.44. The van der Waals surface area contributed by atoms with Gasteiger partial charge in [-0.25, -0.2) is 23.5 Å². The monoisotopic (exact) mass is 1130 g/mol. The number of nitrogens with one attached hydrogen (secondary N) is 1. The minimum absolute atomic E-state index is 0. The lowest BCUT2D eigenvalue weighted by Gasteiger charge is -2.11. The van der Waals surface area contributed by atoms with Crippen LogP contribution >= 0.6 is 81.0 Å². The Kier molecular flexibility index (Phi) is 18.9. The number of hydrogen-bond donors (Lipinski definition) is 3. The van der Waals surface area contributed by atoms with E-state index < -0.39 is 5.97 Å². The van der Waals surface area contributed by atoms with Gasteiger partial charge in [0.15, 0.2) is 11.6 Å². The maximum Gasteiger partial charge on any atom is 0.328 e. The van der Waals surface area contributed by atoms with E-state index in [2.05, 4.69) is 21.4 Å². The van der Waals surface area contributed by atoms with Crippen LogP contribution in [0.15, 0.2) is 120 Å². The van der Waals surface area contributed by atoms with Gasteiger partial charge >= 0.3 is 5.97 Å². The van der Waals surface area contributed by atoms with Crippen LogP contribution in [0.4, 0.5) is 8.78 Å². The molecule has 0 bridgehead atoms. The van der Waals surface area contributed by atoms with Gasteiger partial charge in [0, 0.05) is 74.3 Å². The van der Waals surface area contributed by atoms with Crippen LogP contribution in [0.5, 0.6) is 11.5 Å². The van der Waals surface area contributed by atoms with Crippen molar-refractivity contribution in [2.75, 3.05) is 13.1 Å². The number of ketones is 2. The number of amides is 1. The van der Waals surface area contributed by atoms with Crippen LogP contribution < -0.4 is 20.5 Å². The van der Waals surface area contributed by atoms with Gasteiger partial charge in [-0.3, -0.25) is 14.4 Å². The molecule has 20 heteroatoms. The van der Waals surface area contributed by atoms with Gasteiger partial charge in [0.2, 0.25) is 5.91 Å². The topological polar surface area (TPSA) is 171 Å². The number of carbonyl (C=O) groups is 4. The summed E-state index contributed by atoms with van der Waals surface area (Å²) < 4.78 is 37.5. The van der Waals surface area contributed by atoms with Gasteiger partial charge in [-0.15, -0.1) is 57.8 Å². The molecular weight excluding hydrogens is 1090 g/mol. The van der Waals surface area contributed by atoms with Crippen molar-refractivity contribution in [3.8, 4) is 53.5 Å². The first-order chi connectivity index (χ1) is 35.1. The third-order valence-electron chi connectivity index (χ3n) is 11.0. The SMILES string of the molecule is CC(=O)c1ccc(-c2cc(Cl)c3c(c2)CC(CN)O3)s1.CC(=O)c1ccc(-c2cc(Cl)c3c(c2)CC(CNC(=O)/C=C/c2csc(-c4ccc(F)cc4)n2)O3)s1.Cl.O=C(O)/C=C/c1csc(-c2ccc(F)cc2)n1. The molecule has 8 aromatic rings. The number of carboxylic acids is 1. The molecule has 0 aliphatic carbocycles. The predicted molar refractivity (Wildman–Crippen MR) is 296 cm³/mol. The summed E-state index contributed by atoms with van der Waals surface area (Å²) in [5, 5.41) is 17.5. The third kappa shape index (κ3) is 14.2. The summed E-state index contributed by atoms with van der Waals surface area (Å²) in [5.41, 5.74) is 12.5. The Morgan fingerprint density at radius 3 is 1.55 bits per heavy atom. The molecule has 74 heavy (non-hydrogen) atoms. The molecule has 11 nitrogen and oxygen atoms in total. The van der Waals surface area contributed by atoms with Crippen LogP contribution in [0.1, 0.15) is 55.7 Å². The molecule has 4 N–H and O–H groups in total. The van der Waals surface area contributed by atoms with E-state index in [4.69, 9.17) is 43.5 Å². The molecule has 10 rings (SSSR count). The van der Waals surface area contributed by atoms with E-state index in [1.807, 2.05) is 47.8 Å². The summed E-state index contributed by atoms with van der Waals surface area (Å²) in [6.07, 6.45) is 6.70. The number of rotatable bonds is 13. The molecule has 0 saturated carbocycles. The number of benzene rings is 4. The lowest BCUT2D eigenvalue weighted by molar-refractivity contribution is -0.131. The molecule has 0 spiro atoms. The number of aromatic nitrogens is 2. The van der Waals surface area contributed by atoms with Gasteiger partial charge < -0.3 is 25.6 Å². The minimum Gasteiger partial charge on any atom is -0.487 e. The second-order valence-electron chi connectivity index (χ2n) is 16.4. The van der Waals surface area contributed by atoms with E-state index in [0.717, 1.165) is 76.3 Å². The van der Waals surface area contributed by atoms with Gasteiger partial charge in [-0.05, 0) is 134 Å². The number of aliphatic carboxylic acids is 1. The van der Waals surface area contributed by atoms with Crippen LogP contribution in [0.2, 0.25) is 10.0 Å². The summed E-state index contributed by atoms with van der Waals surface area (Å²) in [6, 6.07) is 27.5. The summed E-state index contributed by atoms with van der Waals surface area (Å²) in [4.78, 5) is 57.9. The first kappa shape index (κ1) is 55.3. The number of carbonyl (C=O) groups excluding carboxylic acids is 3. The van der Waals surface area contributed by atoms with Crippen molar-refractivity contribution in [1.82, 2.24) is 15.3 Å². The zero-order valence-corrected chi connectivity index (χ0v) is 44.7. The average Bonchev–Trinajstić information content (AvgIpc) is 4.24. The number of nitrogens with zero attached hydrogens (tertiary/aromatic N) is 2. The highest BCUT2D eigenvalue weighted by molar-refractivity contribution is 7.17. The van der Waals surface area contributed by atoms with Crippen LogP contribution in [-0.2, 0) is 22.4 Å². The van der Waals surface area contributed by atoms with Crippen molar-refractivity contribution in [3.63, 3.8) is 0 Å². The Hall–Kier alpha value is -6.41. The molecule has 1 amide bonds. The molecule has 0 fully saturated rings. The highest BCUT2D eigenvalue weighted by Gasteiger charge is 2.27. The number of carboxylic acid groups (broad SMARTS) is 1. The lowest BCUT2D eigenvalue weighted by atomic mass is 10.1. The number of thiazole rings is 2. The Morgan fingerprint density at radius 2 is 1.12 bits per heavy atom. The highest BCUT2D eigenvalue weighted by Crippen LogP contribution is 2.42. The van der Waals surface area contributed by atoms with Gasteiger partial charge in [-0.1, -0.05) is 23.2 Å². The fraction of sp³-hybridized carbons (Fsp3) is 0.148. The molecule has 2 atom stereocenters. The van der Waals surface area contributed by atoms with Crippen LogP contribution in [0.3, 0.4) is 0 Å². The van der Waals surface area contributed by atoms with Crippen molar-refractivity contribution in [3.05, 3.63) is 174 Å². The molecule has 380 valence electrons. The molecule has 2 aliphatic rings. The first-order valence-corrected chi connectivity index (χ1v) is 26.4. The van der Waals surface area contributed by atoms with Gasteiger partial charge in [-0.2, -0.15) is 0 Å². The lowest BCUT2D eigenvalue weighted by Crippen LogP contribution is -2.33. The Balaban J connectivity index is 0.000000178. The molecular formula is C54H43Cl3F2N4O7S4. The second kappa shape index (κ2) is 25.2. The summed E-state index contributed by atoms with van der Waals surface area (Å²) in [5.74, 6) is -0.362. The summed E-state index contributed by atoms with van der Waals surface area (Å²) in [7, 11) is 0. The molecule has 2 unspecified atom stereocenters. The number of nitrogens with two attached hydrogens (primary N) is 1. The zero-order valence-electron chi connectivity index (χ0n) is 39.1. The Morgan fingerprint density at radius 1 is 0.676 bits per heavy atom. The molecule has 2 aliphatic heterocycles. The molecule has 4 aromatic heterocycles. The average molecular weight is 1130 g/mol. The minimum atomic E-state index is -1.01. The van der Waals surface area contributed by atoms with Crippen molar-refractivity contribution in [2.45, 2.75) is 38.9 Å². The maximum atomic E-state index is 13.1. The molecule has 0 radical (unpaired) electrons. The van der Waals surface area contributed by atoms with Gasteiger partial charge in [0.1, 0.15) is 45.4 Å². The van der Waals surface area contributed by atoms with Crippen molar-refractivity contribution >= 4 is 117 Å². The molecule has 6 heterocycles. The normalized spacial score (nSPS) is 14.1. The summed E-state index contributed by atoms with van der Waals surface area (Å²) >= 11 is 18.5. The maximum absolute atomic E-state index is 13.1. The highest BCUT2D eigenvalue weighted by atomic mass is 35.5. The van der Waals surface area contributed by atoms with Crippen LogP contribution in [0.25, 0.3) is 54.2 Å². The van der Waals surface area contributed by atoms with Gasteiger partial charge in [0.05, 0.1) is 37.7 Å². The van der Waals surface area contributed by atoms with E-state index >= 15 is 0 Å². The molecule has 4 aromatic carbocycles. The second-order valence-corrected chi connectivity index (χ2v) is 21.1. The number of Topliss-reactive ketones (excluding diaryl/α,β-unsaturated/α-hetero) is 2. The van der Waals surface area contributed by atoms with Crippen molar-refractivity contribution in [1.29, 1.82) is 0 Å². The fourth-order valence-corrected chi connectivity index (χ4v) is 11.4. The van der Waals surface area contributed by atoms with Crippen molar-refractivity contribution < 1.29 is 42.5 Å².